The molecule has 1 aliphatic rings. The normalized spacial score (nSPS) is 14.8. The van der Waals surface area contributed by atoms with Gasteiger partial charge in [-0.1, -0.05) is 6.07 Å². The molecule has 110 valence electrons. The molecule has 2 heterocycles. The van der Waals surface area contributed by atoms with Crippen molar-refractivity contribution in [3.05, 3.63) is 46.8 Å². The molecule has 0 saturated heterocycles. The Hall–Kier alpha value is -1.86. The molecule has 21 heavy (non-hydrogen) atoms. The van der Waals surface area contributed by atoms with Gasteiger partial charge in [0, 0.05) is 6.54 Å². The number of rotatable bonds is 3. The zero-order valence-electron chi connectivity index (χ0n) is 11.0. The van der Waals surface area contributed by atoms with E-state index in [4.69, 9.17) is 5.11 Å². The van der Waals surface area contributed by atoms with Crippen LogP contribution in [0.1, 0.15) is 22.3 Å². The maximum Gasteiger partial charge on any atom is 0.335 e. The fourth-order valence-corrected chi connectivity index (χ4v) is 5.11. The number of nitrogens with zero attached hydrogens (tertiary/aromatic N) is 1. The lowest BCUT2D eigenvalue weighted by Crippen LogP contribution is -2.35. The summed E-state index contributed by atoms with van der Waals surface area (Å²) in [7, 11) is -3.56. The second-order valence-electron chi connectivity index (χ2n) is 4.76. The summed E-state index contributed by atoms with van der Waals surface area (Å²) in [4.78, 5) is 11.0. The molecule has 1 aromatic heterocycles. The molecule has 0 aliphatic carbocycles. The standard InChI is InChI=1S/C14H13NO4S2/c16-14(17)11-5-6-12-10(9-11)3-1-7-15(12)21(18,19)13-4-2-8-20-13/h2,4-6,8-9H,1,3,7H2,(H,16,17). The number of hydrogen-bond acceptors (Lipinski definition) is 4. The Morgan fingerprint density at radius 2 is 2.10 bits per heavy atom. The van der Waals surface area contributed by atoms with E-state index in [9.17, 15) is 13.2 Å². The zero-order valence-corrected chi connectivity index (χ0v) is 12.7. The van der Waals surface area contributed by atoms with Crippen LogP contribution in [0.4, 0.5) is 5.69 Å². The highest BCUT2D eigenvalue weighted by molar-refractivity contribution is 7.94. The van der Waals surface area contributed by atoms with Crippen LogP contribution in [-0.2, 0) is 16.4 Å². The van der Waals surface area contributed by atoms with Gasteiger partial charge in [-0.05, 0) is 48.1 Å². The van der Waals surface area contributed by atoms with Gasteiger partial charge >= 0.3 is 5.97 Å². The quantitative estimate of drug-likeness (QED) is 0.942. The number of carboxylic acids is 1. The van der Waals surface area contributed by atoms with Crippen LogP contribution in [0.2, 0.25) is 0 Å². The number of sulfonamides is 1. The Kier molecular flexibility index (Phi) is 3.46. The maximum absolute atomic E-state index is 12.6. The second kappa shape index (κ2) is 5.16. The molecule has 0 amide bonds. The Morgan fingerprint density at radius 1 is 1.29 bits per heavy atom. The molecule has 0 radical (unpaired) electrons. The minimum atomic E-state index is -3.56. The fraction of sp³-hybridized carbons (Fsp3) is 0.214. The number of carboxylic acid groups (broad SMARTS) is 1. The topological polar surface area (TPSA) is 74.7 Å². The Morgan fingerprint density at radius 3 is 2.76 bits per heavy atom. The Balaban J connectivity index is 2.07. The monoisotopic (exact) mass is 323 g/mol. The van der Waals surface area contributed by atoms with Crippen molar-refractivity contribution in [3.8, 4) is 0 Å². The summed E-state index contributed by atoms with van der Waals surface area (Å²) in [5.74, 6) is -1.00. The summed E-state index contributed by atoms with van der Waals surface area (Å²) in [5.41, 5.74) is 1.53. The molecule has 5 nitrogen and oxygen atoms in total. The molecule has 1 N–H and O–H groups in total. The van der Waals surface area contributed by atoms with E-state index in [-0.39, 0.29) is 5.56 Å². The number of fused-ring (bicyclic) bond motifs is 1. The third kappa shape index (κ3) is 2.43. The van der Waals surface area contributed by atoms with Gasteiger partial charge in [0.15, 0.2) is 0 Å². The van der Waals surface area contributed by atoms with Crippen molar-refractivity contribution in [2.75, 3.05) is 10.8 Å². The van der Waals surface area contributed by atoms with Crippen LogP contribution in [0, 0.1) is 0 Å². The molecular formula is C14H13NO4S2. The number of benzene rings is 1. The van der Waals surface area contributed by atoms with Gasteiger partial charge in [0.05, 0.1) is 11.3 Å². The molecule has 0 bridgehead atoms. The van der Waals surface area contributed by atoms with Crippen LogP contribution in [-0.4, -0.2) is 26.0 Å². The van der Waals surface area contributed by atoms with Gasteiger partial charge in [0.2, 0.25) is 0 Å². The largest absolute Gasteiger partial charge is 0.478 e. The summed E-state index contributed by atoms with van der Waals surface area (Å²) in [6.45, 7) is 0.416. The number of aromatic carboxylic acids is 1. The summed E-state index contributed by atoms with van der Waals surface area (Å²) < 4.78 is 27.0. The fourth-order valence-electron chi connectivity index (χ4n) is 2.46. The number of anilines is 1. The lowest BCUT2D eigenvalue weighted by Gasteiger charge is -2.30. The van der Waals surface area contributed by atoms with E-state index in [1.807, 2.05) is 0 Å². The average Bonchev–Trinajstić information content (AvgIpc) is 3.00. The molecule has 1 aromatic carbocycles. The molecule has 3 rings (SSSR count). The summed E-state index contributed by atoms with van der Waals surface area (Å²) in [5, 5.41) is 10.8. The van der Waals surface area contributed by atoms with Crippen molar-refractivity contribution in [1.82, 2.24) is 0 Å². The SMILES string of the molecule is O=C(O)c1ccc2c(c1)CCCN2S(=O)(=O)c1cccs1. The number of thiophene rings is 1. The highest BCUT2D eigenvalue weighted by atomic mass is 32.2. The van der Waals surface area contributed by atoms with Gasteiger partial charge in [-0.15, -0.1) is 11.3 Å². The van der Waals surface area contributed by atoms with Crippen molar-refractivity contribution in [2.24, 2.45) is 0 Å². The highest BCUT2D eigenvalue weighted by Gasteiger charge is 2.30. The average molecular weight is 323 g/mol. The lowest BCUT2D eigenvalue weighted by molar-refractivity contribution is 0.0697. The van der Waals surface area contributed by atoms with Gasteiger partial charge < -0.3 is 5.11 Å². The third-order valence-electron chi connectivity index (χ3n) is 3.44. The van der Waals surface area contributed by atoms with Crippen molar-refractivity contribution < 1.29 is 18.3 Å². The van der Waals surface area contributed by atoms with Crippen LogP contribution in [0.25, 0.3) is 0 Å². The van der Waals surface area contributed by atoms with Gasteiger partial charge in [-0.25, -0.2) is 13.2 Å². The van der Waals surface area contributed by atoms with Crippen molar-refractivity contribution in [3.63, 3.8) is 0 Å². The minimum absolute atomic E-state index is 0.184. The van der Waals surface area contributed by atoms with Crippen LogP contribution in [0.15, 0.2) is 39.9 Å². The first-order valence-electron chi connectivity index (χ1n) is 6.42. The second-order valence-corrected chi connectivity index (χ2v) is 7.80. The Bertz CT molecular complexity index is 781. The van der Waals surface area contributed by atoms with Gasteiger partial charge in [-0.2, -0.15) is 0 Å². The molecule has 2 aromatic rings. The van der Waals surface area contributed by atoms with E-state index >= 15 is 0 Å². The summed E-state index contributed by atoms with van der Waals surface area (Å²) in [6, 6.07) is 7.89. The van der Waals surface area contributed by atoms with Crippen LogP contribution in [0.3, 0.4) is 0 Å². The number of hydrogen-bond donors (Lipinski definition) is 1. The van der Waals surface area contributed by atoms with Crippen LogP contribution in [0.5, 0.6) is 0 Å². The molecule has 0 unspecified atom stereocenters. The molecule has 7 heteroatoms. The number of carbonyl (C=O) groups is 1. The first-order chi connectivity index (χ1) is 10.00. The predicted octanol–water partition coefficient (Wildman–Crippen LogP) is 2.59. The molecule has 0 spiro atoms. The van der Waals surface area contributed by atoms with E-state index in [1.54, 1.807) is 29.6 Å². The first kappa shape index (κ1) is 14.1. The number of aryl methyl sites for hydroxylation is 1. The van der Waals surface area contributed by atoms with E-state index in [1.165, 1.54) is 21.7 Å². The predicted molar refractivity (Wildman–Crippen MR) is 80.6 cm³/mol. The van der Waals surface area contributed by atoms with Gasteiger partial charge in [0.25, 0.3) is 10.0 Å². The van der Waals surface area contributed by atoms with Crippen LogP contribution >= 0.6 is 11.3 Å². The van der Waals surface area contributed by atoms with E-state index in [0.29, 0.717) is 29.3 Å². The molecule has 0 saturated carbocycles. The first-order valence-corrected chi connectivity index (χ1v) is 8.74. The molecule has 0 atom stereocenters. The smallest absolute Gasteiger partial charge is 0.335 e. The Labute approximate surface area is 126 Å². The third-order valence-corrected chi connectivity index (χ3v) is 6.63. The zero-order chi connectivity index (χ0) is 15.0. The maximum atomic E-state index is 12.6. The van der Waals surface area contributed by atoms with Gasteiger partial charge in [-0.3, -0.25) is 4.31 Å². The van der Waals surface area contributed by atoms with Crippen molar-refractivity contribution in [2.45, 2.75) is 17.1 Å². The van der Waals surface area contributed by atoms with E-state index < -0.39 is 16.0 Å². The summed E-state index contributed by atoms with van der Waals surface area (Å²) in [6.07, 6.45) is 1.37. The van der Waals surface area contributed by atoms with Gasteiger partial charge in [0.1, 0.15) is 4.21 Å². The van der Waals surface area contributed by atoms with Crippen molar-refractivity contribution in [1.29, 1.82) is 0 Å². The summed E-state index contributed by atoms with van der Waals surface area (Å²) >= 11 is 1.18. The highest BCUT2D eigenvalue weighted by Crippen LogP contribution is 2.33. The van der Waals surface area contributed by atoms with Crippen molar-refractivity contribution >= 4 is 33.0 Å². The molecule has 0 fully saturated rings. The van der Waals surface area contributed by atoms with E-state index in [0.717, 1.165) is 5.56 Å². The lowest BCUT2D eigenvalue weighted by atomic mass is 10.0. The van der Waals surface area contributed by atoms with E-state index in [2.05, 4.69) is 0 Å². The minimum Gasteiger partial charge on any atom is -0.478 e. The van der Waals surface area contributed by atoms with Crippen LogP contribution < -0.4 is 4.31 Å². The molecule has 1 aliphatic heterocycles. The molecular weight excluding hydrogens is 310 g/mol.